The smallest absolute Gasteiger partial charge is 0.310 e. The second-order valence-electron chi connectivity index (χ2n) is 6.71. The van der Waals surface area contributed by atoms with E-state index in [9.17, 15) is 14.7 Å². The van der Waals surface area contributed by atoms with Gasteiger partial charge in [-0.05, 0) is 45.2 Å². The lowest BCUT2D eigenvalue weighted by atomic mass is 9.97. The number of carbonyl (C=O) groups is 2. The molecule has 1 aromatic carbocycles. The van der Waals surface area contributed by atoms with Gasteiger partial charge in [-0.2, -0.15) is 0 Å². The topological polar surface area (TPSA) is 80.0 Å². The van der Waals surface area contributed by atoms with Crippen molar-refractivity contribution in [3.63, 3.8) is 0 Å². The maximum atomic E-state index is 12.4. The van der Waals surface area contributed by atoms with Gasteiger partial charge in [-0.1, -0.05) is 0 Å². The first-order valence-corrected chi connectivity index (χ1v) is 8.61. The van der Waals surface area contributed by atoms with Crippen molar-refractivity contribution < 1.29 is 23.8 Å². The van der Waals surface area contributed by atoms with Crippen LogP contribution < -0.4 is 0 Å². The Bertz CT molecular complexity index is 771. The maximum absolute atomic E-state index is 12.4. The number of nitrogens with zero attached hydrogens (tertiary/aromatic N) is 1. The Morgan fingerprint density at radius 1 is 1.28 bits per heavy atom. The van der Waals surface area contributed by atoms with Gasteiger partial charge >= 0.3 is 5.97 Å². The first-order chi connectivity index (χ1) is 12.0. The van der Waals surface area contributed by atoms with Crippen molar-refractivity contribution >= 4 is 22.8 Å². The zero-order valence-electron chi connectivity index (χ0n) is 14.5. The average molecular weight is 345 g/mol. The molecule has 0 aliphatic carbocycles. The highest BCUT2D eigenvalue weighted by atomic mass is 16.5. The van der Waals surface area contributed by atoms with Crippen LogP contribution in [0, 0.1) is 0 Å². The average Bonchev–Trinajstić information content (AvgIpc) is 2.94. The molecular formula is C19H23NO5. The highest BCUT2D eigenvalue weighted by molar-refractivity contribution is 5.87. The highest BCUT2D eigenvalue weighted by Gasteiger charge is 2.29. The lowest BCUT2D eigenvalue weighted by Gasteiger charge is -2.38. The number of esters is 1. The summed E-state index contributed by atoms with van der Waals surface area (Å²) in [7, 11) is 0. The normalized spacial score (nSPS) is 20.6. The van der Waals surface area contributed by atoms with Gasteiger partial charge in [0, 0.05) is 29.1 Å². The molecule has 2 aromatic rings. The first kappa shape index (κ1) is 17.3. The molecule has 3 rings (SSSR count). The van der Waals surface area contributed by atoms with Crippen molar-refractivity contribution in [2.75, 3.05) is 6.61 Å². The van der Waals surface area contributed by atoms with Crippen LogP contribution in [-0.2, 0) is 20.7 Å². The summed E-state index contributed by atoms with van der Waals surface area (Å²) in [4.78, 5) is 26.3. The number of piperidine rings is 1. The van der Waals surface area contributed by atoms with E-state index in [0.717, 1.165) is 24.6 Å². The molecule has 6 nitrogen and oxygen atoms in total. The van der Waals surface area contributed by atoms with Crippen molar-refractivity contribution in [1.29, 1.82) is 0 Å². The van der Waals surface area contributed by atoms with Crippen LogP contribution in [0.15, 0.2) is 28.9 Å². The van der Waals surface area contributed by atoms with Crippen LogP contribution in [0.3, 0.4) is 0 Å². The van der Waals surface area contributed by atoms with Crippen LogP contribution in [0.1, 0.15) is 38.7 Å². The van der Waals surface area contributed by atoms with E-state index in [-0.39, 0.29) is 36.8 Å². The summed E-state index contributed by atoms with van der Waals surface area (Å²) in [6.45, 7) is 3.83. The Balaban J connectivity index is 1.58. The number of phenolic OH excluding ortho intramolecular Hbond substituents is 1. The van der Waals surface area contributed by atoms with E-state index in [2.05, 4.69) is 0 Å². The van der Waals surface area contributed by atoms with Gasteiger partial charge in [0.15, 0.2) is 6.61 Å². The molecule has 1 aliphatic rings. The third kappa shape index (κ3) is 3.78. The van der Waals surface area contributed by atoms with Gasteiger partial charge in [-0.15, -0.1) is 0 Å². The molecule has 0 radical (unpaired) electrons. The van der Waals surface area contributed by atoms with Crippen LogP contribution in [0.25, 0.3) is 11.0 Å². The molecule has 0 unspecified atom stereocenters. The predicted octanol–water partition coefficient (Wildman–Crippen LogP) is 3.01. The molecule has 0 bridgehead atoms. The van der Waals surface area contributed by atoms with E-state index >= 15 is 0 Å². The minimum Gasteiger partial charge on any atom is -0.508 e. The van der Waals surface area contributed by atoms with Crippen molar-refractivity contribution in [2.24, 2.45) is 0 Å². The van der Waals surface area contributed by atoms with Crippen molar-refractivity contribution in [3.05, 3.63) is 30.0 Å². The number of carbonyl (C=O) groups excluding carboxylic acids is 2. The van der Waals surface area contributed by atoms with Crippen LogP contribution in [-0.4, -0.2) is 40.6 Å². The van der Waals surface area contributed by atoms with Gasteiger partial charge in [0.05, 0.1) is 12.7 Å². The SMILES string of the molecule is C[C@@H]1CCC[C@H](C)N1C(=O)COC(=O)Cc1coc2cc(O)ccc12. The number of amides is 1. The van der Waals surface area contributed by atoms with E-state index < -0.39 is 5.97 Å². The molecule has 1 saturated heterocycles. The summed E-state index contributed by atoms with van der Waals surface area (Å²) < 4.78 is 10.5. The van der Waals surface area contributed by atoms with Crippen molar-refractivity contribution in [3.8, 4) is 5.75 Å². The molecule has 0 saturated carbocycles. The molecule has 134 valence electrons. The summed E-state index contributed by atoms with van der Waals surface area (Å²) in [5.41, 5.74) is 1.18. The van der Waals surface area contributed by atoms with Gasteiger partial charge in [-0.3, -0.25) is 9.59 Å². The quantitative estimate of drug-likeness (QED) is 0.862. The van der Waals surface area contributed by atoms with Gasteiger partial charge < -0.3 is 19.2 Å². The molecule has 2 atom stereocenters. The Kier molecular flexibility index (Phi) is 4.97. The Morgan fingerprint density at radius 2 is 2.00 bits per heavy atom. The van der Waals surface area contributed by atoms with Crippen molar-refractivity contribution in [2.45, 2.75) is 51.6 Å². The monoisotopic (exact) mass is 345 g/mol. The molecule has 1 fully saturated rings. The van der Waals surface area contributed by atoms with E-state index in [1.807, 2.05) is 18.7 Å². The number of furan rings is 1. The first-order valence-electron chi connectivity index (χ1n) is 8.61. The van der Waals surface area contributed by atoms with Gasteiger partial charge in [0.25, 0.3) is 5.91 Å². The zero-order chi connectivity index (χ0) is 18.0. The zero-order valence-corrected chi connectivity index (χ0v) is 14.5. The summed E-state index contributed by atoms with van der Waals surface area (Å²) in [5, 5.41) is 10.2. The maximum Gasteiger partial charge on any atom is 0.310 e. The fourth-order valence-electron chi connectivity index (χ4n) is 3.54. The standard InChI is InChI=1S/C19H23NO5/c1-12-4-3-5-13(2)20(12)18(22)11-25-19(23)8-14-10-24-17-9-15(21)6-7-16(14)17/h6-7,9-10,12-13,21H,3-5,8,11H2,1-2H3/t12-,13+. The molecule has 1 amide bonds. The van der Waals surface area contributed by atoms with E-state index in [4.69, 9.17) is 9.15 Å². The number of fused-ring (bicyclic) bond motifs is 1. The third-order valence-electron chi connectivity index (χ3n) is 4.81. The summed E-state index contributed by atoms with van der Waals surface area (Å²) >= 11 is 0. The number of hydrogen-bond acceptors (Lipinski definition) is 5. The third-order valence-corrected chi connectivity index (χ3v) is 4.81. The molecule has 25 heavy (non-hydrogen) atoms. The fourth-order valence-corrected chi connectivity index (χ4v) is 3.54. The van der Waals surface area contributed by atoms with Crippen molar-refractivity contribution in [1.82, 2.24) is 4.90 Å². The minimum absolute atomic E-state index is 0.0240. The lowest BCUT2D eigenvalue weighted by Crippen LogP contribution is -2.49. The highest BCUT2D eigenvalue weighted by Crippen LogP contribution is 2.26. The molecule has 6 heteroatoms. The summed E-state index contributed by atoms with van der Waals surface area (Å²) in [5.74, 6) is -0.511. The number of benzene rings is 1. The number of ether oxygens (including phenoxy) is 1. The predicted molar refractivity (Wildman–Crippen MR) is 92.2 cm³/mol. The largest absolute Gasteiger partial charge is 0.508 e. The second-order valence-corrected chi connectivity index (χ2v) is 6.71. The van der Waals surface area contributed by atoms with Gasteiger partial charge in [-0.25, -0.2) is 0 Å². The molecule has 1 aliphatic heterocycles. The van der Waals surface area contributed by atoms with Crippen LogP contribution in [0.2, 0.25) is 0 Å². The Morgan fingerprint density at radius 3 is 2.72 bits per heavy atom. The molecule has 1 N–H and O–H groups in total. The van der Waals surface area contributed by atoms with Crippen LogP contribution >= 0.6 is 0 Å². The van der Waals surface area contributed by atoms with E-state index in [1.54, 1.807) is 6.07 Å². The number of aromatic hydroxyl groups is 1. The number of hydrogen-bond donors (Lipinski definition) is 1. The van der Waals surface area contributed by atoms with Gasteiger partial charge in [0.2, 0.25) is 0 Å². The Hall–Kier alpha value is -2.50. The summed E-state index contributed by atoms with van der Waals surface area (Å²) in [6, 6.07) is 5.09. The lowest BCUT2D eigenvalue weighted by molar-refractivity contribution is -0.154. The van der Waals surface area contributed by atoms with E-state index in [0.29, 0.717) is 11.1 Å². The Labute approximate surface area is 146 Å². The van der Waals surface area contributed by atoms with E-state index in [1.165, 1.54) is 18.4 Å². The minimum atomic E-state index is -0.471. The molecule has 2 heterocycles. The number of likely N-dealkylation sites (tertiary alicyclic amines) is 1. The summed E-state index contributed by atoms with van der Waals surface area (Å²) in [6.07, 6.45) is 4.59. The molecule has 1 aromatic heterocycles. The fraction of sp³-hybridized carbons (Fsp3) is 0.474. The molecular weight excluding hydrogens is 322 g/mol. The second kappa shape index (κ2) is 7.17. The van der Waals surface area contributed by atoms with Gasteiger partial charge in [0.1, 0.15) is 11.3 Å². The van der Waals surface area contributed by atoms with Crippen LogP contribution in [0.5, 0.6) is 5.75 Å². The number of rotatable bonds is 4. The number of phenols is 1. The molecule has 0 spiro atoms. The van der Waals surface area contributed by atoms with Crippen LogP contribution in [0.4, 0.5) is 0 Å².